The Kier molecular flexibility index (Phi) is 2.45. The van der Waals surface area contributed by atoms with Crippen molar-refractivity contribution in [2.75, 3.05) is 13.2 Å². The molecule has 1 saturated heterocycles. The average molecular weight is 131 g/mol. The topological polar surface area (TPSA) is 52.5 Å². The first-order valence-corrected chi connectivity index (χ1v) is 3.37. The number of hydrogen-bond acceptors (Lipinski definition) is 3. The second kappa shape index (κ2) is 3.15. The van der Waals surface area contributed by atoms with E-state index in [1.165, 1.54) is 0 Å². The van der Waals surface area contributed by atoms with Crippen LogP contribution in [-0.2, 0) is 0 Å². The third-order valence-electron chi connectivity index (χ3n) is 1.74. The van der Waals surface area contributed by atoms with E-state index in [0.29, 0.717) is 0 Å². The van der Waals surface area contributed by atoms with Crippen LogP contribution in [0.25, 0.3) is 0 Å². The summed E-state index contributed by atoms with van der Waals surface area (Å²) in [7, 11) is 0. The van der Waals surface area contributed by atoms with Gasteiger partial charge in [0.2, 0.25) is 0 Å². The van der Waals surface area contributed by atoms with Gasteiger partial charge in [-0.2, -0.15) is 0 Å². The van der Waals surface area contributed by atoms with Crippen molar-refractivity contribution >= 4 is 0 Å². The molecule has 0 bridgehead atoms. The highest BCUT2D eigenvalue weighted by Gasteiger charge is 2.20. The summed E-state index contributed by atoms with van der Waals surface area (Å²) in [6.07, 6.45) is 1.49. The highest BCUT2D eigenvalue weighted by molar-refractivity contribution is 4.79. The first-order valence-electron chi connectivity index (χ1n) is 3.37. The normalized spacial score (nSPS) is 36.7. The van der Waals surface area contributed by atoms with E-state index in [4.69, 9.17) is 10.2 Å². The molecule has 1 heterocycles. The van der Waals surface area contributed by atoms with E-state index in [-0.39, 0.29) is 18.8 Å². The van der Waals surface area contributed by atoms with Gasteiger partial charge in [0, 0.05) is 0 Å². The van der Waals surface area contributed by atoms with Crippen LogP contribution in [0.5, 0.6) is 0 Å². The lowest BCUT2D eigenvalue weighted by Crippen LogP contribution is -2.46. The molecule has 0 aromatic rings. The maximum atomic E-state index is 9.15. The Morgan fingerprint density at radius 3 is 2.78 bits per heavy atom. The fourth-order valence-electron chi connectivity index (χ4n) is 1.12. The molecular formula is C6H13NO2. The maximum absolute atomic E-state index is 9.15. The summed E-state index contributed by atoms with van der Waals surface area (Å²) >= 11 is 0. The molecule has 2 unspecified atom stereocenters. The van der Waals surface area contributed by atoms with Crippen molar-refractivity contribution in [2.45, 2.75) is 25.0 Å². The summed E-state index contributed by atoms with van der Waals surface area (Å²) in [6, 6.07) is -0.0845. The zero-order valence-corrected chi connectivity index (χ0v) is 5.38. The molecule has 1 rings (SSSR count). The highest BCUT2D eigenvalue weighted by atomic mass is 16.3. The van der Waals surface area contributed by atoms with Gasteiger partial charge in [-0.1, -0.05) is 0 Å². The summed E-state index contributed by atoms with van der Waals surface area (Å²) in [4.78, 5) is 0. The van der Waals surface area contributed by atoms with E-state index in [0.717, 1.165) is 19.4 Å². The minimum Gasteiger partial charge on any atom is -0.395 e. The van der Waals surface area contributed by atoms with Crippen molar-refractivity contribution in [3.8, 4) is 0 Å². The predicted octanol–water partition coefficient (Wildman–Crippen LogP) is -0.908. The van der Waals surface area contributed by atoms with E-state index in [1.54, 1.807) is 0 Å². The van der Waals surface area contributed by atoms with Gasteiger partial charge in [-0.15, -0.1) is 0 Å². The van der Waals surface area contributed by atoms with Gasteiger partial charge in [0.15, 0.2) is 0 Å². The van der Waals surface area contributed by atoms with Crippen LogP contribution in [0.3, 0.4) is 0 Å². The van der Waals surface area contributed by atoms with Gasteiger partial charge in [-0.3, -0.25) is 0 Å². The Bertz CT molecular complexity index is 87.1. The minimum absolute atomic E-state index is 0.0428. The zero-order chi connectivity index (χ0) is 6.69. The Morgan fingerprint density at radius 1 is 1.56 bits per heavy atom. The fourth-order valence-corrected chi connectivity index (χ4v) is 1.12. The molecule has 3 nitrogen and oxygen atoms in total. The molecule has 3 heteroatoms. The SMILES string of the molecule is OCC1NCCCC1O. The zero-order valence-electron chi connectivity index (χ0n) is 5.38. The maximum Gasteiger partial charge on any atom is 0.0716 e. The summed E-state index contributed by atoms with van der Waals surface area (Å²) in [5.74, 6) is 0. The summed E-state index contributed by atoms with van der Waals surface area (Å²) in [5.41, 5.74) is 0. The van der Waals surface area contributed by atoms with E-state index in [9.17, 15) is 0 Å². The first kappa shape index (κ1) is 6.99. The molecule has 0 aliphatic carbocycles. The smallest absolute Gasteiger partial charge is 0.0716 e. The molecule has 1 fully saturated rings. The number of nitrogens with one attached hydrogen (secondary N) is 1. The number of rotatable bonds is 1. The molecule has 2 atom stereocenters. The van der Waals surface area contributed by atoms with Crippen LogP contribution in [0, 0.1) is 0 Å². The summed E-state index contributed by atoms with van der Waals surface area (Å²) in [6.45, 7) is 0.962. The predicted molar refractivity (Wildman–Crippen MR) is 34.1 cm³/mol. The molecule has 1 aliphatic heterocycles. The molecule has 3 N–H and O–H groups in total. The standard InChI is InChI=1S/C6H13NO2/c8-4-5-6(9)2-1-3-7-5/h5-9H,1-4H2. The average Bonchev–Trinajstić information content (AvgIpc) is 1.89. The van der Waals surface area contributed by atoms with Gasteiger partial charge >= 0.3 is 0 Å². The molecule has 9 heavy (non-hydrogen) atoms. The van der Waals surface area contributed by atoms with Crippen LogP contribution in [0.15, 0.2) is 0 Å². The molecular weight excluding hydrogens is 118 g/mol. The number of aliphatic hydroxyl groups excluding tert-OH is 2. The third kappa shape index (κ3) is 1.64. The lowest BCUT2D eigenvalue weighted by molar-refractivity contribution is 0.0649. The number of aliphatic hydroxyl groups is 2. The van der Waals surface area contributed by atoms with E-state index in [2.05, 4.69) is 5.32 Å². The highest BCUT2D eigenvalue weighted by Crippen LogP contribution is 2.06. The van der Waals surface area contributed by atoms with Gasteiger partial charge in [-0.05, 0) is 19.4 Å². The number of hydrogen-bond donors (Lipinski definition) is 3. The molecule has 0 saturated carbocycles. The Balaban J connectivity index is 2.30. The van der Waals surface area contributed by atoms with Crippen molar-refractivity contribution < 1.29 is 10.2 Å². The van der Waals surface area contributed by atoms with Gasteiger partial charge in [0.05, 0.1) is 18.8 Å². The second-order valence-electron chi connectivity index (χ2n) is 2.45. The van der Waals surface area contributed by atoms with Crippen molar-refractivity contribution in [2.24, 2.45) is 0 Å². The number of piperidine rings is 1. The van der Waals surface area contributed by atoms with Crippen molar-refractivity contribution in [1.29, 1.82) is 0 Å². The van der Waals surface area contributed by atoms with E-state index in [1.807, 2.05) is 0 Å². The lowest BCUT2D eigenvalue weighted by Gasteiger charge is -2.26. The van der Waals surface area contributed by atoms with Crippen LogP contribution >= 0.6 is 0 Å². The van der Waals surface area contributed by atoms with Crippen LogP contribution < -0.4 is 5.32 Å². The molecule has 0 aromatic heterocycles. The first-order chi connectivity index (χ1) is 4.34. The molecule has 0 amide bonds. The summed E-state index contributed by atoms with van der Waals surface area (Å²) < 4.78 is 0. The Hall–Kier alpha value is -0.120. The van der Waals surface area contributed by atoms with Crippen LogP contribution in [-0.4, -0.2) is 35.5 Å². The Labute approximate surface area is 54.7 Å². The second-order valence-corrected chi connectivity index (χ2v) is 2.45. The Morgan fingerprint density at radius 2 is 2.33 bits per heavy atom. The van der Waals surface area contributed by atoms with Crippen LogP contribution in [0.4, 0.5) is 0 Å². The van der Waals surface area contributed by atoms with E-state index < -0.39 is 0 Å². The molecule has 0 aromatic carbocycles. The van der Waals surface area contributed by atoms with Crippen LogP contribution in [0.2, 0.25) is 0 Å². The van der Waals surface area contributed by atoms with Gasteiger partial charge in [0.25, 0.3) is 0 Å². The minimum atomic E-state index is -0.344. The molecule has 54 valence electrons. The van der Waals surface area contributed by atoms with Crippen molar-refractivity contribution in [1.82, 2.24) is 5.32 Å². The molecule has 0 spiro atoms. The third-order valence-corrected chi connectivity index (χ3v) is 1.74. The quantitative estimate of drug-likeness (QED) is 0.432. The van der Waals surface area contributed by atoms with Crippen LogP contribution in [0.1, 0.15) is 12.8 Å². The molecule has 0 radical (unpaired) electrons. The van der Waals surface area contributed by atoms with Crippen molar-refractivity contribution in [3.05, 3.63) is 0 Å². The largest absolute Gasteiger partial charge is 0.395 e. The fraction of sp³-hybridized carbons (Fsp3) is 1.00. The summed E-state index contributed by atoms with van der Waals surface area (Å²) in [5, 5.41) is 20.8. The lowest BCUT2D eigenvalue weighted by atomic mass is 10.0. The van der Waals surface area contributed by atoms with E-state index >= 15 is 0 Å². The van der Waals surface area contributed by atoms with Gasteiger partial charge in [0.1, 0.15) is 0 Å². The monoisotopic (exact) mass is 131 g/mol. The van der Waals surface area contributed by atoms with Gasteiger partial charge < -0.3 is 15.5 Å². The van der Waals surface area contributed by atoms with Gasteiger partial charge in [-0.25, -0.2) is 0 Å². The van der Waals surface area contributed by atoms with Crippen molar-refractivity contribution in [3.63, 3.8) is 0 Å². The molecule has 1 aliphatic rings.